The molecule has 1 aliphatic carbocycles. The number of likely N-dealkylation sites (N-methyl/N-ethyl adjacent to an activating group) is 1. The number of benzene rings is 1. The molecule has 1 aromatic carbocycles. The lowest BCUT2D eigenvalue weighted by molar-refractivity contribution is 0.451. The number of nitrogens with one attached hydrogen (secondary N) is 1. The molecule has 0 fully saturated rings. The number of fused-ring (bicyclic) bond motifs is 1. The Kier molecular flexibility index (Phi) is 2.73. The van der Waals surface area contributed by atoms with Crippen LogP contribution < -0.4 is 5.32 Å². The average Bonchev–Trinajstić information content (AvgIpc) is 2.20. The first kappa shape index (κ1) is 9.53. The fourth-order valence-corrected chi connectivity index (χ4v) is 2.39. The zero-order valence-electron chi connectivity index (χ0n) is 8.59. The van der Waals surface area contributed by atoms with Crippen LogP contribution in [0.3, 0.4) is 0 Å². The van der Waals surface area contributed by atoms with E-state index in [1.807, 2.05) is 13.1 Å². The quantitative estimate of drug-likeness (QED) is 0.749. The standard InChI is InChI=1S/C12H17NO/c1-13-8-9-4-2-6-11-10(9)5-3-7-12(11)14/h3,5,7,9,13-14H,2,4,6,8H2,1H3. The van der Waals surface area contributed by atoms with Crippen LogP contribution in [0.4, 0.5) is 0 Å². The number of aromatic hydroxyl groups is 1. The molecule has 2 heteroatoms. The molecule has 1 aromatic rings. The van der Waals surface area contributed by atoms with E-state index in [2.05, 4.69) is 11.4 Å². The summed E-state index contributed by atoms with van der Waals surface area (Å²) < 4.78 is 0. The highest BCUT2D eigenvalue weighted by Gasteiger charge is 2.21. The molecule has 0 bridgehead atoms. The molecule has 76 valence electrons. The van der Waals surface area contributed by atoms with Gasteiger partial charge in [-0.3, -0.25) is 0 Å². The van der Waals surface area contributed by atoms with Crippen molar-refractivity contribution in [2.45, 2.75) is 25.2 Å². The molecule has 1 aliphatic rings. The summed E-state index contributed by atoms with van der Waals surface area (Å²) in [6.45, 7) is 1.01. The first-order valence-corrected chi connectivity index (χ1v) is 5.28. The number of hydrogen-bond donors (Lipinski definition) is 2. The largest absolute Gasteiger partial charge is 0.508 e. The molecule has 0 heterocycles. The first-order chi connectivity index (χ1) is 6.83. The molecule has 0 aliphatic heterocycles. The Morgan fingerprint density at radius 1 is 1.50 bits per heavy atom. The lowest BCUT2D eigenvalue weighted by Crippen LogP contribution is -2.21. The molecule has 2 rings (SSSR count). The minimum atomic E-state index is 0.475. The summed E-state index contributed by atoms with van der Waals surface area (Å²) in [7, 11) is 1.98. The maximum atomic E-state index is 9.72. The summed E-state index contributed by atoms with van der Waals surface area (Å²) in [6.07, 6.45) is 3.45. The zero-order valence-corrected chi connectivity index (χ0v) is 8.59. The van der Waals surface area contributed by atoms with Gasteiger partial charge in [0.15, 0.2) is 0 Å². The average molecular weight is 191 g/mol. The third kappa shape index (κ3) is 1.62. The van der Waals surface area contributed by atoms with Crippen LogP contribution in [0.5, 0.6) is 5.75 Å². The normalized spacial score (nSPS) is 20.5. The van der Waals surface area contributed by atoms with Gasteiger partial charge in [-0.1, -0.05) is 12.1 Å². The van der Waals surface area contributed by atoms with Crippen molar-refractivity contribution in [1.29, 1.82) is 0 Å². The highest BCUT2D eigenvalue weighted by atomic mass is 16.3. The van der Waals surface area contributed by atoms with Crippen molar-refractivity contribution in [1.82, 2.24) is 5.32 Å². The van der Waals surface area contributed by atoms with E-state index < -0.39 is 0 Å². The molecule has 0 saturated carbocycles. The number of hydrogen-bond acceptors (Lipinski definition) is 2. The molecule has 2 nitrogen and oxygen atoms in total. The molecule has 1 unspecified atom stereocenters. The summed E-state index contributed by atoms with van der Waals surface area (Å²) in [6, 6.07) is 5.89. The van der Waals surface area contributed by atoms with Gasteiger partial charge in [0, 0.05) is 6.54 Å². The molecule has 0 aromatic heterocycles. The fourth-order valence-electron chi connectivity index (χ4n) is 2.39. The second kappa shape index (κ2) is 4.01. The second-order valence-corrected chi connectivity index (χ2v) is 3.99. The van der Waals surface area contributed by atoms with Crippen molar-refractivity contribution in [3.05, 3.63) is 29.3 Å². The Hall–Kier alpha value is -1.02. The lowest BCUT2D eigenvalue weighted by atomic mass is 9.82. The van der Waals surface area contributed by atoms with Crippen molar-refractivity contribution in [3.63, 3.8) is 0 Å². The van der Waals surface area contributed by atoms with Gasteiger partial charge in [0.25, 0.3) is 0 Å². The first-order valence-electron chi connectivity index (χ1n) is 5.28. The summed E-state index contributed by atoms with van der Waals surface area (Å²) in [5, 5.41) is 12.9. The van der Waals surface area contributed by atoms with Gasteiger partial charge in [0.05, 0.1) is 0 Å². The highest BCUT2D eigenvalue weighted by molar-refractivity contribution is 5.42. The van der Waals surface area contributed by atoms with E-state index in [0.29, 0.717) is 11.7 Å². The fraction of sp³-hybridized carbons (Fsp3) is 0.500. The molecular weight excluding hydrogens is 174 g/mol. The Morgan fingerprint density at radius 3 is 3.14 bits per heavy atom. The van der Waals surface area contributed by atoms with Crippen LogP contribution in [-0.4, -0.2) is 18.7 Å². The Labute approximate surface area is 85.0 Å². The van der Waals surface area contributed by atoms with Crippen LogP contribution >= 0.6 is 0 Å². The topological polar surface area (TPSA) is 32.3 Å². The van der Waals surface area contributed by atoms with Crippen molar-refractivity contribution in [2.75, 3.05) is 13.6 Å². The molecule has 2 N–H and O–H groups in total. The molecule has 0 amide bonds. The summed E-state index contributed by atoms with van der Waals surface area (Å²) in [5.41, 5.74) is 2.50. The van der Waals surface area contributed by atoms with Crippen molar-refractivity contribution in [3.8, 4) is 5.75 Å². The molecule has 14 heavy (non-hydrogen) atoms. The number of phenols is 1. The van der Waals surface area contributed by atoms with E-state index in [1.165, 1.54) is 24.0 Å². The summed E-state index contributed by atoms with van der Waals surface area (Å²) >= 11 is 0. The molecule has 0 spiro atoms. The Morgan fingerprint density at radius 2 is 2.36 bits per heavy atom. The van der Waals surface area contributed by atoms with Crippen LogP contribution in [0.2, 0.25) is 0 Å². The van der Waals surface area contributed by atoms with Crippen LogP contribution in [0.15, 0.2) is 18.2 Å². The monoisotopic (exact) mass is 191 g/mol. The molecule has 0 radical (unpaired) electrons. The van der Waals surface area contributed by atoms with Gasteiger partial charge >= 0.3 is 0 Å². The van der Waals surface area contributed by atoms with Crippen LogP contribution in [0, 0.1) is 0 Å². The van der Waals surface area contributed by atoms with E-state index in [-0.39, 0.29) is 0 Å². The van der Waals surface area contributed by atoms with E-state index >= 15 is 0 Å². The smallest absolute Gasteiger partial charge is 0.119 e. The predicted molar refractivity (Wildman–Crippen MR) is 57.7 cm³/mol. The van der Waals surface area contributed by atoms with E-state index in [0.717, 1.165) is 13.0 Å². The number of rotatable bonds is 2. The van der Waals surface area contributed by atoms with Gasteiger partial charge < -0.3 is 10.4 Å². The molecule has 1 atom stereocenters. The third-order valence-electron chi connectivity index (χ3n) is 3.06. The van der Waals surface area contributed by atoms with Crippen molar-refractivity contribution in [2.24, 2.45) is 0 Å². The maximum absolute atomic E-state index is 9.72. The van der Waals surface area contributed by atoms with E-state index in [4.69, 9.17) is 0 Å². The number of phenolic OH excluding ortho intramolecular Hbond substituents is 1. The van der Waals surface area contributed by atoms with Gasteiger partial charge in [0.1, 0.15) is 5.75 Å². The van der Waals surface area contributed by atoms with Crippen LogP contribution in [0.1, 0.15) is 29.9 Å². The van der Waals surface area contributed by atoms with Crippen LogP contribution in [-0.2, 0) is 6.42 Å². The minimum Gasteiger partial charge on any atom is -0.508 e. The maximum Gasteiger partial charge on any atom is 0.119 e. The third-order valence-corrected chi connectivity index (χ3v) is 3.06. The van der Waals surface area contributed by atoms with E-state index in [9.17, 15) is 5.11 Å². The Bertz CT molecular complexity index is 322. The highest BCUT2D eigenvalue weighted by Crippen LogP contribution is 2.35. The molecule has 0 saturated heterocycles. The predicted octanol–water partition coefficient (Wildman–Crippen LogP) is 2.03. The van der Waals surface area contributed by atoms with Gasteiger partial charge in [-0.15, -0.1) is 0 Å². The van der Waals surface area contributed by atoms with Gasteiger partial charge in [-0.2, -0.15) is 0 Å². The van der Waals surface area contributed by atoms with Crippen LogP contribution in [0.25, 0.3) is 0 Å². The van der Waals surface area contributed by atoms with Gasteiger partial charge in [-0.05, 0) is 49.4 Å². The second-order valence-electron chi connectivity index (χ2n) is 3.99. The van der Waals surface area contributed by atoms with Gasteiger partial charge in [-0.25, -0.2) is 0 Å². The minimum absolute atomic E-state index is 0.475. The molecular formula is C12H17NO. The summed E-state index contributed by atoms with van der Waals surface area (Å²) in [5.74, 6) is 1.05. The Balaban J connectivity index is 2.34. The zero-order chi connectivity index (χ0) is 9.97. The van der Waals surface area contributed by atoms with Crippen molar-refractivity contribution < 1.29 is 5.11 Å². The van der Waals surface area contributed by atoms with E-state index in [1.54, 1.807) is 6.07 Å². The van der Waals surface area contributed by atoms with Gasteiger partial charge in [0.2, 0.25) is 0 Å². The summed E-state index contributed by atoms with van der Waals surface area (Å²) in [4.78, 5) is 0. The van der Waals surface area contributed by atoms with Crippen molar-refractivity contribution >= 4 is 0 Å². The lowest BCUT2D eigenvalue weighted by Gasteiger charge is -2.25. The SMILES string of the molecule is CNCC1CCCc2c(O)cccc21.